The maximum Gasteiger partial charge on any atom is 0.243 e. The summed E-state index contributed by atoms with van der Waals surface area (Å²) in [5.41, 5.74) is 1.80. The molecular weight excluding hydrogens is 520 g/mol. The summed E-state index contributed by atoms with van der Waals surface area (Å²) in [6.45, 7) is 0.772. The van der Waals surface area contributed by atoms with Crippen molar-refractivity contribution < 1.29 is 23.2 Å². The predicted molar refractivity (Wildman–Crippen MR) is 133 cm³/mol. The SMILES string of the molecule is CC(=O)c1cn(CC(=O)N2C[C@H](F)C[C@H]2C(=O)NCc2cccc(Cl)c2F)c2cc(-c3nnn[nH]3)ccc12. The van der Waals surface area contributed by atoms with Crippen LogP contribution in [-0.2, 0) is 22.7 Å². The molecule has 1 aliphatic heterocycles. The number of nitrogens with one attached hydrogen (secondary N) is 2. The number of fused-ring (bicyclic) bond motifs is 1. The molecule has 2 aromatic carbocycles. The molecule has 2 N–H and O–H groups in total. The maximum absolute atomic E-state index is 14.4. The van der Waals surface area contributed by atoms with Gasteiger partial charge >= 0.3 is 0 Å². The van der Waals surface area contributed by atoms with Gasteiger partial charge in [-0.05, 0) is 29.5 Å². The minimum Gasteiger partial charge on any atom is -0.350 e. The van der Waals surface area contributed by atoms with E-state index in [2.05, 4.69) is 25.9 Å². The van der Waals surface area contributed by atoms with Gasteiger partial charge in [0.1, 0.15) is 24.6 Å². The lowest BCUT2D eigenvalue weighted by molar-refractivity contribution is -0.139. The Morgan fingerprint density at radius 2 is 2.05 bits per heavy atom. The number of rotatable bonds is 7. The number of alkyl halides is 1. The Labute approximate surface area is 219 Å². The summed E-state index contributed by atoms with van der Waals surface area (Å²) < 4.78 is 30.2. The van der Waals surface area contributed by atoms with E-state index < -0.39 is 29.8 Å². The Bertz CT molecular complexity index is 1540. The standard InChI is InChI=1S/C25H22ClF2N7O3/c1-13(36)18-11-34(20-7-14(5-6-17(18)20)24-30-32-33-31-24)12-22(37)35-10-16(27)8-21(35)25(38)29-9-15-3-2-4-19(26)23(15)28/h2-7,11,16,21H,8-10,12H2,1H3,(H,29,38)(H,30,31,32,33)/t16-,21+/m1/s1. The first-order chi connectivity index (χ1) is 18.2. The van der Waals surface area contributed by atoms with E-state index in [4.69, 9.17) is 11.6 Å². The lowest BCUT2D eigenvalue weighted by atomic mass is 10.1. The average Bonchev–Trinajstić information content (AvgIpc) is 3.64. The van der Waals surface area contributed by atoms with Gasteiger partial charge < -0.3 is 14.8 Å². The molecule has 13 heteroatoms. The second-order valence-corrected chi connectivity index (χ2v) is 9.44. The number of amides is 2. The number of benzene rings is 2. The number of carbonyl (C=O) groups is 3. The molecule has 2 atom stereocenters. The van der Waals surface area contributed by atoms with Gasteiger partial charge in [0.2, 0.25) is 11.8 Å². The van der Waals surface area contributed by atoms with Gasteiger partial charge in [0, 0.05) is 46.8 Å². The molecule has 0 unspecified atom stereocenters. The number of hydrogen-bond acceptors (Lipinski definition) is 6. The molecule has 0 spiro atoms. The lowest BCUT2D eigenvalue weighted by Crippen LogP contribution is -2.46. The van der Waals surface area contributed by atoms with Gasteiger partial charge in [-0.1, -0.05) is 35.9 Å². The third-order valence-electron chi connectivity index (χ3n) is 6.54. The van der Waals surface area contributed by atoms with E-state index in [1.54, 1.807) is 35.0 Å². The molecule has 2 amide bonds. The van der Waals surface area contributed by atoms with E-state index in [0.29, 0.717) is 27.9 Å². The fourth-order valence-corrected chi connectivity index (χ4v) is 4.86. The fourth-order valence-electron chi connectivity index (χ4n) is 4.66. The fraction of sp³-hybridized carbons (Fsp3) is 0.280. The Morgan fingerprint density at radius 3 is 2.79 bits per heavy atom. The highest BCUT2D eigenvalue weighted by molar-refractivity contribution is 6.30. The van der Waals surface area contributed by atoms with Crippen molar-refractivity contribution in [2.75, 3.05) is 6.54 Å². The highest BCUT2D eigenvalue weighted by Crippen LogP contribution is 2.28. The number of hydrogen-bond donors (Lipinski definition) is 2. The zero-order chi connectivity index (χ0) is 27.0. The van der Waals surface area contributed by atoms with Crippen molar-refractivity contribution in [1.82, 2.24) is 35.4 Å². The van der Waals surface area contributed by atoms with Gasteiger partial charge in [-0.3, -0.25) is 14.4 Å². The van der Waals surface area contributed by atoms with Crippen LogP contribution in [0, 0.1) is 5.82 Å². The summed E-state index contributed by atoms with van der Waals surface area (Å²) in [4.78, 5) is 39.7. The van der Waals surface area contributed by atoms with Crippen molar-refractivity contribution >= 4 is 40.1 Å². The summed E-state index contributed by atoms with van der Waals surface area (Å²) >= 11 is 5.79. The number of halogens is 3. The molecule has 0 radical (unpaired) electrons. The van der Waals surface area contributed by atoms with Crippen LogP contribution in [0.2, 0.25) is 5.02 Å². The van der Waals surface area contributed by atoms with Gasteiger partial charge in [-0.25, -0.2) is 13.9 Å². The van der Waals surface area contributed by atoms with Crippen molar-refractivity contribution in [2.24, 2.45) is 0 Å². The topological polar surface area (TPSA) is 126 Å². The van der Waals surface area contributed by atoms with Crippen LogP contribution < -0.4 is 5.32 Å². The normalized spacial score (nSPS) is 17.2. The first kappa shape index (κ1) is 25.5. The van der Waals surface area contributed by atoms with E-state index in [9.17, 15) is 23.2 Å². The zero-order valence-corrected chi connectivity index (χ0v) is 20.9. The minimum atomic E-state index is -1.39. The molecule has 4 aromatic rings. The number of Topliss-reactive ketones (excluding diaryl/α,β-unsaturated/α-hetero) is 1. The summed E-state index contributed by atoms with van der Waals surface area (Å²) in [6, 6.07) is 8.58. The van der Waals surface area contributed by atoms with Crippen molar-refractivity contribution in [3.63, 3.8) is 0 Å². The molecule has 5 rings (SSSR count). The third-order valence-corrected chi connectivity index (χ3v) is 6.84. The van der Waals surface area contributed by atoms with Crippen LogP contribution in [0.5, 0.6) is 0 Å². The number of H-pyrrole nitrogens is 1. The smallest absolute Gasteiger partial charge is 0.243 e. The van der Waals surface area contributed by atoms with E-state index in [0.717, 1.165) is 0 Å². The van der Waals surface area contributed by atoms with Crippen LogP contribution in [0.1, 0.15) is 29.3 Å². The number of ketones is 1. The second-order valence-electron chi connectivity index (χ2n) is 9.03. The number of carbonyl (C=O) groups excluding carboxylic acids is 3. The number of aromatic amines is 1. The first-order valence-electron chi connectivity index (χ1n) is 11.7. The molecular formula is C25H22ClF2N7O3. The lowest BCUT2D eigenvalue weighted by Gasteiger charge is -2.24. The molecule has 1 saturated heterocycles. The van der Waals surface area contributed by atoms with Crippen molar-refractivity contribution in [2.45, 2.75) is 38.6 Å². The van der Waals surface area contributed by atoms with Crippen LogP contribution in [0.15, 0.2) is 42.6 Å². The number of aromatic nitrogens is 5. The first-order valence-corrected chi connectivity index (χ1v) is 12.1. The van der Waals surface area contributed by atoms with Crippen molar-refractivity contribution in [3.8, 4) is 11.4 Å². The van der Waals surface area contributed by atoms with Gasteiger partial charge in [0.15, 0.2) is 11.6 Å². The molecule has 0 bridgehead atoms. The van der Waals surface area contributed by atoms with E-state index in [1.165, 1.54) is 24.0 Å². The summed E-state index contributed by atoms with van der Waals surface area (Å²) in [6.07, 6.45) is -0.00575. The van der Waals surface area contributed by atoms with Gasteiger partial charge in [-0.15, -0.1) is 5.10 Å². The molecule has 2 aromatic heterocycles. The number of tetrazole rings is 1. The Hall–Kier alpha value is -4.19. The van der Waals surface area contributed by atoms with Gasteiger partial charge in [0.25, 0.3) is 0 Å². The van der Waals surface area contributed by atoms with Crippen LogP contribution in [0.4, 0.5) is 8.78 Å². The highest BCUT2D eigenvalue weighted by Gasteiger charge is 2.39. The van der Waals surface area contributed by atoms with Gasteiger partial charge in [0.05, 0.1) is 11.6 Å². The average molecular weight is 542 g/mol. The third kappa shape index (κ3) is 4.86. The number of likely N-dealkylation sites (tertiary alicyclic amines) is 1. The largest absolute Gasteiger partial charge is 0.350 e. The van der Waals surface area contributed by atoms with Crippen LogP contribution in [-0.4, -0.2) is 66.4 Å². The van der Waals surface area contributed by atoms with Crippen molar-refractivity contribution in [1.29, 1.82) is 0 Å². The monoisotopic (exact) mass is 541 g/mol. The maximum atomic E-state index is 14.4. The van der Waals surface area contributed by atoms with Crippen molar-refractivity contribution in [3.05, 3.63) is 64.6 Å². The zero-order valence-electron chi connectivity index (χ0n) is 20.1. The quantitative estimate of drug-likeness (QED) is 0.346. The molecule has 10 nitrogen and oxygen atoms in total. The Kier molecular flexibility index (Phi) is 6.89. The molecule has 3 heterocycles. The molecule has 0 aliphatic carbocycles. The molecule has 0 saturated carbocycles. The van der Waals surface area contributed by atoms with Gasteiger partial charge in [-0.2, -0.15) is 0 Å². The highest BCUT2D eigenvalue weighted by atomic mass is 35.5. The molecule has 38 heavy (non-hydrogen) atoms. The number of nitrogens with zero attached hydrogens (tertiary/aromatic N) is 5. The second kappa shape index (κ2) is 10.3. The molecule has 1 aliphatic rings. The summed E-state index contributed by atoms with van der Waals surface area (Å²) in [5, 5.41) is 16.8. The minimum absolute atomic E-state index is 0.0788. The Morgan fingerprint density at radius 1 is 1.24 bits per heavy atom. The summed E-state index contributed by atoms with van der Waals surface area (Å²) in [7, 11) is 0. The summed E-state index contributed by atoms with van der Waals surface area (Å²) in [5.74, 6) is -1.54. The molecule has 1 fully saturated rings. The van der Waals surface area contributed by atoms with E-state index in [-0.39, 0.29) is 42.4 Å². The predicted octanol–water partition coefficient (Wildman–Crippen LogP) is 3.07. The Balaban J connectivity index is 1.37. The molecule has 196 valence electrons. The van der Waals surface area contributed by atoms with Crippen LogP contribution in [0.25, 0.3) is 22.3 Å². The van der Waals surface area contributed by atoms with E-state index >= 15 is 0 Å². The van der Waals surface area contributed by atoms with Crippen LogP contribution >= 0.6 is 11.6 Å². The van der Waals surface area contributed by atoms with E-state index in [1.807, 2.05) is 0 Å². The van der Waals surface area contributed by atoms with Crippen LogP contribution in [0.3, 0.4) is 0 Å².